The minimum absolute atomic E-state index is 0.0588. The Morgan fingerprint density at radius 1 is 0.964 bits per heavy atom. The third kappa shape index (κ3) is 7.40. The first-order chi connectivity index (χ1) is 13.5. The molecule has 150 valence electrons. The van der Waals surface area contributed by atoms with Gasteiger partial charge in [-0.25, -0.2) is 0 Å². The summed E-state index contributed by atoms with van der Waals surface area (Å²) >= 11 is 0. The van der Waals surface area contributed by atoms with Crippen LogP contribution in [0.15, 0.2) is 48.5 Å². The first kappa shape index (κ1) is 21.4. The van der Waals surface area contributed by atoms with E-state index < -0.39 is 0 Å². The Morgan fingerprint density at radius 3 is 2.21 bits per heavy atom. The van der Waals surface area contributed by atoms with Crippen molar-refractivity contribution in [2.45, 2.75) is 26.6 Å². The van der Waals surface area contributed by atoms with Crippen molar-refractivity contribution >= 4 is 11.9 Å². The van der Waals surface area contributed by atoms with Gasteiger partial charge in [0.25, 0.3) is 0 Å². The summed E-state index contributed by atoms with van der Waals surface area (Å²) in [6.45, 7) is 3.35. The molecule has 6 heteroatoms. The quantitative estimate of drug-likeness (QED) is 0.638. The molecule has 0 aliphatic carbocycles. The predicted octanol–water partition coefficient (Wildman–Crippen LogP) is 2.69. The topological polar surface area (TPSA) is 67.9 Å². The number of nitrogens with zero attached hydrogens (tertiary/aromatic N) is 1. The summed E-state index contributed by atoms with van der Waals surface area (Å²) in [5.41, 5.74) is 3.22. The van der Waals surface area contributed by atoms with Gasteiger partial charge in [-0.3, -0.25) is 9.59 Å². The largest absolute Gasteiger partial charge is 0.489 e. The van der Waals surface area contributed by atoms with Crippen molar-refractivity contribution in [2.24, 2.45) is 0 Å². The van der Waals surface area contributed by atoms with Crippen molar-refractivity contribution in [3.8, 4) is 5.75 Å². The van der Waals surface area contributed by atoms with Crippen molar-refractivity contribution in [2.75, 3.05) is 27.2 Å². The lowest BCUT2D eigenvalue weighted by Crippen LogP contribution is -2.35. The lowest BCUT2D eigenvalue weighted by atomic mass is 10.2. The van der Waals surface area contributed by atoms with Crippen molar-refractivity contribution < 1.29 is 19.1 Å². The van der Waals surface area contributed by atoms with Crippen LogP contribution in [0.1, 0.15) is 23.1 Å². The number of amides is 1. The Balaban J connectivity index is 1.71. The average Bonchev–Trinajstić information content (AvgIpc) is 2.71. The first-order valence-electron chi connectivity index (χ1n) is 9.29. The van der Waals surface area contributed by atoms with Gasteiger partial charge in [0, 0.05) is 13.6 Å². The summed E-state index contributed by atoms with van der Waals surface area (Å²) in [5, 5.41) is 2.79. The number of likely N-dealkylation sites (N-methyl/N-ethyl adjacent to an activating group) is 2. The molecule has 1 amide bonds. The summed E-state index contributed by atoms with van der Waals surface area (Å²) in [5.74, 6) is 0.376. The number of benzene rings is 2. The summed E-state index contributed by atoms with van der Waals surface area (Å²) in [7, 11) is 3.38. The van der Waals surface area contributed by atoms with Gasteiger partial charge in [-0.05, 0) is 37.2 Å². The Bertz CT molecular complexity index is 757. The number of hydrogen-bond donors (Lipinski definition) is 1. The van der Waals surface area contributed by atoms with E-state index in [0.717, 1.165) is 16.9 Å². The van der Waals surface area contributed by atoms with Crippen molar-refractivity contribution in [3.63, 3.8) is 0 Å². The van der Waals surface area contributed by atoms with E-state index in [1.807, 2.05) is 36.4 Å². The third-order valence-electron chi connectivity index (χ3n) is 4.25. The Morgan fingerprint density at radius 2 is 1.57 bits per heavy atom. The van der Waals surface area contributed by atoms with Crippen LogP contribution in [0.25, 0.3) is 0 Å². The monoisotopic (exact) mass is 384 g/mol. The first-order valence-corrected chi connectivity index (χ1v) is 9.29. The summed E-state index contributed by atoms with van der Waals surface area (Å²) in [4.78, 5) is 25.0. The molecule has 0 spiro atoms. The number of ether oxygens (including phenoxy) is 2. The molecule has 0 unspecified atom stereocenters. The molecule has 0 aromatic heterocycles. The van der Waals surface area contributed by atoms with Gasteiger partial charge >= 0.3 is 5.97 Å². The highest BCUT2D eigenvalue weighted by Gasteiger charge is 2.10. The van der Waals surface area contributed by atoms with E-state index in [2.05, 4.69) is 24.4 Å². The second-order valence-electron chi connectivity index (χ2n) is 6.67. The number of carbonyl (C=O) groups is 2. The van der Waals surface area contributed by atoms with Crippen LogP contribution in [0, 0.1) is 6.92 Å². The SMILES string of the molecule is CNCC(=O)N(C)CCC(=O)OCc1ccc(OCc2ccc(C)cc2)cc1. The van der Waals surface area contributed by atoms with Crippen LogP contribution in [0.2, 0.25) is 0 Å². The van der Waals surface area contributed by atoms with Crippen molar-refractivity contribution in [1.82, 2.24) is 10.2 Å². The molecular weight excluding hydrogens is 356 g/mol. The number of hydrogen-bond acceptors (Lipinski definition) is 5. The highest BCUT2D eigenvalue weighted by molar-refractivity contribution is 5.78. The number of aryl methyl sites for hydroxylation is 1. The highest BCUT2D eigenvalue weighted by atomic mass is 16.5. The number of rotatable bonds is 10. The zero-order valence-electron chi connectivity index (χ0n) is 16.7. The molecule has 6 nitrogen and oxygen atoms in total. The van der Waals surface area contributed by atoms with E-state index in [4.69, 9.17) is 9.47 Å². The molecule has 2 aromatic carbocycles. The highest BCUT2D eigenvalue weighted by Crippen LogP contribution is 2.15. The molecule has 0 bridgehead atoms. The molecule has 2 rings (SSSR count). The van der Waals surface area contributed by atoms with Gasteiger partial charge < -0.3 is 19.7 Å². The van der Waals surface area contributed by atoms with Gasteiger partial charge in [0.1, 0.15) is 19.0 Å². The van der Waals surface area contributed by atoms with Crippen LogP contribution in [0.5, 0.6) is 5.75 Å². The average molecular weight is 384 g/mol. The predicted molar refractivity (Wildman–Crippen MR) is 108 cm³/mol. The fourth-order valence-corrected chi connectivity index (χ4v) is 2.44. The summed E-state index contributed by atoms with van der Waals surface area (Å²) < 4.78 is 11.0. The van der Waals surface area contributed by atoms with Crippen molar-refractivity contribution in [1.29, 1.82) is 0 Å². The molecule has 0 saturated heterocycles. The van der Waals surface area contributed by atoms with Crippen molar-refractivity contribution in [3.05, 3.63) is 65.2 Å². The maximum atomic E-state index is 11.9. The molecule has 0 atom stereocenters. The van der Waals surface area contributed by atoms with Crippen LogP contribution in [0.4, 0.5) is 0 Å². The van der Waals surface area contributed by atoms with Crippen LogP contribution in [0.3, 0.4) is 0 Å². The molecule has 0 aliphatic rings. The second kappa shape index (κ2) is 11.1. The standard InChI is InChI=1S/C22H28N2O4/c1-17-4-6-18(7-5-17)15-27-20-10-8-19(9-11-20)16-28-22(26)12-13-24(3)21(25)14-23-2/h4-11,23H,12-16H2,1-3H3. The Labute approximate surface area is 166 Å². The maximum absolute atomic E-state index is 11.9. The molecule has 2 aromatic rings. The molecule has 28 heavy (non-hydrogen) atoms. The van der Waals surface area contributed by atoms with E-state index in [1.165, 1.54) is 10.5 Å². The molecular formula is C22H28N2O4. The number of carbonyl (C=O) groups excluding carboxylic acids is 2. The molecule has 1 N–H and O–H groups in total. The number of nitrogens with one attached hydrogen (secondary N) is 1. The third-order valence-corrected chi connectivity index (χ3v) is 4.25. The van der Waals surface area contributed by atoms with Crippen LogP contribution in [-0.4, -0.2) is 44.0 Å². The molecule has 0 saturated carbocycles. The molecule has 0 aliphatic heterocycles. The maximum Gasteiger partial charge on any atom is 0.307 e. The lowest BCUT2D eigenvalue weighted by Gasteiger charge is -2.16. The minimum Gasteiger partial charge on any atom is -0.489 e. The van der Waals surface area contributed by atoms with Gasteiger partial charge in [0.15, 0.2) is 0 Å². The minimum atomic E-state index is -0.330. The zero-order valence-corrected chi connectivity index (χ0v) is 16.7. The van der Waals surface area contributed by atoms with Gasteiger partial charge in [0.05, 0.1) is 13.0 Å². The lowest BCUT2D eigenvalue weighted by molar-refractivity contribution is -0.145. The van der Waals surface area contributed by atoms with E-state index in [0.29, 0.717) is 13.2 Å². The van der Waals surface area contributed by atoms with Gasteiger partial charge in [-0.15, -0.1) is 0 Å². The fourth-order valence-electron chi connectivity index (χ4n) is 2.44. The fraction of sp³-hybridized carbons (Fsp3) is 0.364. The van der Waals surface area contributed by atoms with E-state index in [1.54, 1.807) is 14.1 Å². The summed E-state index contributed by atoms with van der Waals surface area (Å²) in [6, 6.07) is 15.7. The van der Waals surface area contributed by atoms with E-state index in [9.17, 15) is 9.59 Å². The Kier molecular flexibility index (Phi) is 8.49. The zero-order chi connectivity index (χ0) is 20.4. The number of esters is 1. The summed E-state index contributed by atoms with van der Waals surface area (Å²) in [6.07, 6.45) is 0.170. The molecule has 0 radical (unpaired) electrons. The molecule has 0 heterocycles. The smallest absolute Gasteiger partial charge is 0.307 e. The van der Waals surface area contributed by atoms with E-state index >= 15 is 0 Å². The van der Waals surface area contributed by atoms with Gasteiger partial charge in [-0.1, -0.05) is 42.0 Å². The van der Waals surface area contributed by atoms with Crippen LogP contribution < -0.4 is 10.1 Å². The van der Waals surface area contributed by atoms with Crippen LogP contribution in [-0.2, 0) is 27.5 Å². The Hall–Kier alpha value is -2.86. The van der Waals surface area contributed by atoms with E-state index in [-0.39, 0.29) is 31.4 Å². The molecule has 0 fully saturated rings. The van der Waals surface area contributed by atoms with Gasteiger partial charge in [0.2, 0.25) is 5.91 Å². The normalized spacial score (nSPS) is 10.4. The van der Waals surface area contributed by atoms with Crippen LogP contribution >= 0.6 is 0 Å². The van der Waals surface area contributed by atoms with Gasteiger partial charge in [-0.2, -0.15) is 0 Å². The second-order valence-corrected chi connectivity index (χ2v) is 6.67.